The van der Waals surface area contributed by atoms with E-state index in [0.29, 0.717) is 23.6 Å². The predicted molar refractivity (Wildman–Crippen MR) is 137 cm³/mol. The van der Waals surface area contributed by atoms with Crippen LogP contribution >= 0.6 is 11.3 Å². The van der Waals surface area contributed by atoms with Gasteiger partial charge in [0.15, 0.2) is 0 Å². The zero-order chi connectivity index (χ0) is 26.4. The van der Waals surface area contributed by atoms with Crippen molar-refractivity contribution >= 4 is 27.3 Å². The standard InChI is InChI=1S/C24H26N6O5S2/c1-16(28-37(33,34)24-11-10-22(36-24)20-5-3-4-12-25-20)21-15-30(29-26-21)18(14-23(31)27-32)13-17-6-8-19(35-2)9-7-17/h3-12,15-16,18,28,32H,13-14H2,1-2H3,(H,27,31)/t16-,18-/m0/s1. The molecule has 0 saturated carbocycles. The van der Waals surface area contributed by atoms with Crippen LogP contribution in [0.4, 0.5) is 0 Å². The molecule has 1 amide bonds. The van der Waals surface area contributed by atoms with Crippen molar-refractivity contribution in [3.05, 3.63) is 78.2 Å². The summed E-state index contributed by atoms with van der Waals surface area (Å²) in [6, 6.07) is 14.9. The van der Waals surface area contributed by atoms with Crippen molar-refractivity contribution in [3.8, 4) is 16.3 Å². The van der Waals surface area contributed by atoms with Gasteiger partial charge >= 0.3 is 0 Å². The summed E-state index contributed by atoms with van der Waals surface area (Å²) in [5.74, 6) is 0.126. The van der Waals surface area contributed by atoms with Crippen LogP contribution in [0.5, 0.6) is 5.75 Å². The first-order valence-electron chi connectivity index (χ1n) is 11.3. The highest BCUT2D eigenvalue weighted by Crippen LogP contribution is 2.30. The van der Waals surface area contributed by atoms with Gasteiger partial charge in [-0.2, -0.15) is 0 Å². The predicted octanol–water partition coefficient (Wildman–Crippen LogP) is 3.13. The number of aromatic nitrogens is 4. The Bertz CT molecular complexity index is 1440. The Morgan fingerprint density at radius 1 is 1.16 bits per heavy atom. The van der Waals surface area contributed by atoms with Crippen molar-refractivity contribution in [2.45, 2.75) is 36.1 Å². The summed E-state index contributed by atoms with van der Waals surface area (Å²) < 4.78 is 35.5. The van der Waals surface area contributed by atoms with Crippen LogP contribution in [0, 0.1) is 0 Å². The van der Waals surface area contributed by atoms with Gasteiger partial charge in [0.1, 0.15) is 15.7 Å². The van der Waals surface area contributed by atoms with Gasteiger partial charge in [0, 0.05) is 6.20 Å². The number of hydrogen-bond acceptors (Lipinski definition) is 9. The first-order chi connectivity index (χ1) is 17.8. The van der Waals surface area contributed by atoms with E-state index in [-0.39, 0.29) is 10.6 Å². The van der Waals surface area contributed by atoms with Crippen molar-refractivity contribution in [1.29, 1.82) is 0 Å². The first-order valence-corrected chi connectivity index (χ1v) is 13.6. The van der Waals surface area contributed by atoms with Crippen LogP contribution in [0.25, 0.3) is 10.6 Å². The summed E-state index contributed by atoms with van der Waals surface area (Å²) in [6.07, 6.45) is 3.61. The van der Waals surface area contributed by atoms with Crippen molar-refractivity contribution < 1.29 is 23.2 Å². The molecule has 0 aliphatic carbocycles. The molecule has 0 saturated heterocycles. The molecule has 4 rings (SSSR count). The SMILES string of the molecule is COc1ccc(C[C@@H](CC(=O)NO)n2cc([C@H](C)NS(=O)(=O)c3ccc(-c4ccccn4)s3)nn2)cc1. The van der Waals surface area contributed by atoms with Crippen LogP contribution in [-0.4, -0.2) is 46.6 Å². The van der Waals surface area contributed by atoms with Crippen LogP contribution in [-0.2, 0) is 21.2 Å². The summed E-state index contributed by atoms with van der Waals surface area (Å²) in [6.45, 7) is 1.66. The van der Waals surface area contributed by atoms with E-state index in [1.54, 1.807) is 50.1 Å². The van der Waals surface area contributed by atoms with E-state index >= 15 is 0 Å². The van der Waals surface area contributed by atoms with E-state index < -0.39 is 28.0 Å². The Morgan fingerprint density at radius 3 is 2.62 bits per heavy atom. The molecule has 4 aromatic rings. The number of rotatable bonds is 11. The van der Waals surface area contributed by atoms with Crippen LogP contribution in [0.2, 0.25) is 0 Å². The number of ether oxygens (including phenoxy) is 1. The molecule has 1 aromatic carbocycles. The summed E-state index contributed by atoms with van der Waals surface area (Å²) in [5.41, 5.74) is 3.64. The largest absolute Gasteiger partial charge is 0.497 e. The van der Waals surface area contributed by atoms with Crippen LogP contribution in [0.1, 0.15) is 36.7 Å². The first kappa shape index (κ1) is 26.4. The minimum absolute atomic E-state index is 0.0586. The maximum Gasteiger partial charge on any atom is 0.250 e. The average Bonchev–Trinajstić information content (AvgIpc) is 3.60. The van der Waals surface area contributed by atoms with Gasteiger partial charge in [-0.05, 0) is 55.3 Å². The zero-order valence-electron chi connectivity index (χ0n) is 20.1. The quantitative estimate of drug-likeness (QED) is 0.193. The monoisotopic (exact) mass is 542 g/mol. The highest BCUT2D eigenvalue weighted by atomic mass is 32.2. The molecular weight excluding hydrogens is 516 g/mol. The number of carbonyl (C=O) groups is 1. The molecule has 0 aliphatic rings. The lowest BCUT2D eigenvalue weighted by Gasteiger charge is -2.16. The second-order valence-electron chi connectivity index (χ2n) is 8.25. The molecule has 3 heterocycles. The number of nitrogens with zero attached hydrogens (tertiary/aromatic N) is 4. The Kier molecular flexibility index (Phi) is 8.28. The molecule has 0 aliphatic heterocycles. The molecular formula is C24H26N6O5S2. The summed E-state index contributed by atoms with van der Waals surface area (Å²) in [4.78, 5) is 16.9. The van der Waals surface area contributed by atoms with Gasteiger partial charge in [-0.3, -0.25) is 15.0 Å². The third kappa shape index (κ3) is 6.57. The maximum atomic E-state index is 13.0. The fraction of sp³-hybridized carbons (Fsp3) is 0.250. The third-order valence-corrected chi connectivity index (χ3v) is 8.76. The van der Waals surface area contributed by atoms with Crippen LogP contribution < -0.4 is 14.9 Å². The summed E-state index contributed by atoms with van der Waals surface area (Å²) >= 11 is 1.12. The molecule has 37 heavy (non-hydrogen) atoms. The Balaban J connectivity index is 1.49. The molecule has 0 unspecified atom stereocenters. The lowest BCUT2D eigenvalue weighted by atomic mass is 10.0. The molecule has 0 radical (unpaired) electrons. The van der Waals surface area contributed by atoms with Crippen molar-refractivity contribution in [2.75, 3.05) is 7.11 Å². The van der Waals surface area contributed by atoms with E-state index in [9.17, 15) is 13.2 Å². The van der Waals surface area contributed by atoms with Gasteiger partial charge in [0.05, 0.1) is 42.4 Å². The zero-order valence-corrected chi connectivity index (χ0v) is 21.7. The number of benzene rings is 1. The number of hydrogen-bond donors (Lipinski definition) is 3. The molecule has 2 atom stereocenters. The number of methoxy groups -OCH3 is 1. The lowest BCUT2D eigenvalue weighted by Crippen LogP contribution is -2.26. The molecule has 0 bridgehead atoms. The van der Waals surface area contributed by atoms with E-state index in [0.717, 1.165) is 21.8 Å². The maximum absolute atomic E-state index is 13.0. The Hall–Kier alpha value is -3.65. The lowest BCUT2D eigenvalue weighted by molar-refractivity contribution is -0.130. The van der Waals surface area contributed by atoms with Crippen molar-refractivity contribution in [3.63, 3.8) is 0 Å². The third-order valence-electron chi connectivity index (χ3n) is 5.62. The summed E-state index contributed by atoms with van der Waals surface area (Å²) in [7, 11) is -2.25. The number of thiophene rings is 1. The van der Waals surface area contributed by atoms with E-state index in [2.05, 4.69) is 20.0 Å². The van der Waals surface area contributed by atoms with E-state index in [1.165, 1.54) is 4.68 Å². The molecule has 11 nitrogen and oxygen atoms in total. The fourth-order valence-corrected chi connectivity index (χ4v) is 6.20. The smallest absolute Gasteiger partial charge is 0.250 e. The molecule has 13 heteroatoms. The topological polar surface area (TPSA) is 148 Å². The molecule has 194 valence electrons. The van der Waals surface area contributed by atoms with Gasteiger partial charge < -0.3 is 4.74 Å². The second kappa shape index (κ2) is 11.6. The molecule has 0 fully saturated rings. The molecule has 0 spiro atoms. The van der Waals surface area contributed by atoms with Crippen LogP contribution in [0.3, 0.4) is 0 Å². The van der Waals surface area contributed by atoms with Crippen LogP contribution in [0.15, 0.2) is 71.2 Å². The van der Waals surface area contributed by atoms with Gasteiger partial charge in [-0.1, -0.05) is 23.4 Å². The number of pyridine rings is 1. The number of sulfonamides is 1. The van der Waals surface area contributed by atoms with Gasteiger partial charge in [0.25, 0.3) is 10.0 Å². The average molecular weight is 543 g/mol. The summed E-state index contributed by atoms with van der Waals surface area (Å²) in [5, 5.41) is 17.3. The van der Waals surface area contributed by atoms with Gasteiger partial charge in [0.2, 0.25) is 5.91 Å². The highest BCUT2D eigenvalue weighted by molar-refractivity contribution is 7.91. The van der Waals surface area contributed by atoms with Gasteiger partial charge in [-0.15, -0.1) is 16.4 Å². The minimum atomic E-state index is -3.83. The fourth-order valence-electron chi connectivity index (χ4n) is 3.68. The number of carbonyl (C=O) groups excluding carboxylic acids is 1. The molecule has 3 N–H and O–H groups in total. The Morgan fingerprint density at radius 2 is 1.95 bits per heavy atom. The van der Waals surface area contributed by atoms with E-state index in [4.69, 9.17) is 9.94 Å². The molecule has 3 aromatic heterocycles. The second-order valence-corrected chi connectivity index (χ2v) is 11.3. The van der Waals surface area contributed by atoms with E-state index in [1.807, 2.05) is 36.4 Å². The van der Waals surface area contributed by atoms with Crippen molar-refractivity contribution in [2.24, 2.45) is 0 Å². The number of hydroxylamine groups is 1. The van der Waals surface area contributed by atoms with Crippen molar-refractivity contribution in [1.82, 2.24) is 30.2 Å². The Labute approximate surface area is 218 Å². The number of nitrogens with one attached hydrogen (secondary N) is 2. The highest BCUT2D eigenvalue weighted by Gasteiger charge is 2.24. The number of amides is 1. The minimum Gasteiger partial charge on any atom is -0.497 e. The van der Waals surface area contributed by atoms with Gasteiger partial charge in [-0.25, -0.2) is 23.3 Å². The normalized spacial score (nSPS) is 13.2.